The van der Waals surface area contributed by atoms with Gasteiger partial charge in [0.15, 0.2) is 0 Å². The molecular formula is C19H25N3O2. The Morgan fingerprint density at radius 1 is 1.33 bits per heavy atom. The number of rotatable bonds is 4. The standard InChI is InChI=1S/C19H25N3O2/c1-23-18-5-3-16(4-6-18)12-21-9-2-7-19(14-21)11-17(13-24-19)22-10-8-20-15-22/h3-6,8,10,15,17H,2,7,9,11-14H2,1H3/t17-,19+/m0/s1. The Morgan fingerprint density at radius 2 is 2.21 bits per heavy atom. The van der Waals surface area contributed by atoms with Crippen LogP contribution in [0.15, 0.2) is 43.0 Å². The highest BCUT2D eigenvalue weighted by Gasteiger charge is 2.43. The molecule has 2 aliphatic rings. The van der Waals surface area contributed by atoms with Gasteiger partial charge in [-0.05, 0) is 37.1 Å². The number of likely N-dealkylation sites (tertiary alicyclic amines) is 1. The lowest BCUT2D eigenvalue weighted by atomic mass is 9.88. The number of methoxy groups -OCH3 is 1. The molecule has 24 heavy (non-hydrogen) atoms. The highest BCUT2D eigenvalue weighted by atomic mass is 16.5. The van der Waals surface area contributed by atoms with E-state index in [0.717, 1.165) is 44.8 Å². The van der Waals surface area contributed by atoms with E-state index < -0.39 is 0 Å². The fourth-order valence-corrected chi connectivity index (χ4v) is 4.10. The van der Waals surface area contributed by atoms with Crippen molar-refractivity contribution in [2.75, 3.05) is 26.8 Å². The summed E-state index contributed by atoms with van der Waals surface area (Å²) in [4.78, 5) is 6.70. The second kappa shape index (κ2) is 6.57. The molecule has 2 atom stereocenters. The van der Waals surface area contributed by atoms with Crippen LogP contribution >= 0.6 is 0 Å². The Labute approximate surface area is 143 Å². The third-order valence-electron chi connectivity index (χ3n) is 5.32. The first-order chi connectivity index (χ1) is 11.8. The zero-order valence-electron chi connectivity index (χ0n) is 14.2. The molecule has 3 heterocycles. The number of hydrogen-bond donors (Lipinski definition) is 0. The molecule has 4 rings (SSSR count). The van der Waals surface area contributed by atoms with Crippen molar-refractivity contribution in [3.05, 3.63) is 48.5 Å². The lowest BCUT2D eigenvalue weighted by molar-refractivity contribution is -0.0534. The SMILES string of the molecule is COc1ccc(CN2CCC[C@@]3(C[C@H](n4ccnc4)CO3)C2)cc1. The van der Waals surface area contributed by atoms with Crippen molar-refractivity contribution < 1.29 is 9.47 Å². The number of aromatic nitrogens is 2. The van der Waals surface area contributed by atoms with Gasteiger partial charge in [0.25, 0.3) is 0 Å². The van der Waals surface area contributed by atoms with Gasteiger partial charge in [0, 0.05) is 31.9 Å². The smallest absolute Gasteiger partial charge is 0.118 e. The number of ether oxygens (including phenoxy) is 2. The molecule has 5 heteroatoms. The van der Waals surface area contributed by atoms with Crippen molar-refractivity contribution in [2.24, 2.45) is 0 Å². The zero-order valence-corrected chi connectivity index (χ0v) is 14.2. The Balaban J connectivity index is 1.40. The van der Waals surface area contributed by atoms with Crippen molar-refractivity contribution in [3.8, 4) is 5.75 Å². The molecule has 1 spiro atoms. The van der Waals surface area contributed by atoms with Crippen LogP contribution in [0.25, 0.3) is 0 Å². The van der Waals surface area contributed by atoms with Gasteiger partial charge in [-0.3, -0.25) is 4.90 Å². The van der Waals surface area contributed by atoms with Crippen LogP contribution in [-0.4, -0.2) is 46.9 Å². The summed E-state index contributed by atoms with van der Waals surface area (Å²) in [6, 6.07) is 8.81. The normalized spacial score (nSPS) is 27.6. The van der Waals surface area contributed by atoms with Gasteiger partial charge in [-0.25, -0.2) is 4.98 Å². The van der Waals surface area contributed by atoms with E-state index in [1.165, 1.54) is 12.0 Å². The van der Waals surface area contributed by atoms with E-state index >= 15 is 0 Å². The molecule has 0 bridgehead atoms. The molecule has 2 fully saturated rings. The largest absolute Gasteiger partial charge is 0.497 e. The van der Waals surface area contributed by atoms with Crippen LogP contribution in [0.4, 0.5) is 0 Å². The van der Waals surface area contributed by atoms with Crippen LogP contribution in [-0.2, 0) is 11.3 Å². The van der Waals surface area contributed by atoms with Crippen molar-refractivity contribution in [2.45, 2.75) is 37.5 Å². The van der Waals surface area contributed by atoms with E-state index in [4.69, 9.17) is 9.47 Å². The van der Waals surface area contributed by atoms with Gasteiger partial charge in [-0.2, -0.15) is 0 Å². The van der Waals surface area contributed by atoms with Crippen LogP contribution in [0.3, 0.4) is 0 Å². The summed E-state index contributed by atoms with van der Waals surface area (Å²) in [5, 5.41) is 0. The predicted molar refractivity (Wildman–Crippen MR) is 92.1 cm³/mol. The molecule has 0 unspecified atom stereocenters. The van der Waals surface area contributed by atoms with Crippen molar-refractivity contribution in [1.82, 2.24) is 14.5 Å². The minimum atomic E-state index is 0.0135. The summed E-state index contributed by atoms with van der Waals surface area (Å²) in [6.45, 7) is 3.94. The fraction of sp³-hybridized carbons (Fsp3) is 0.526. The Kier molecular flexibility index (Phi) is 4.29. The molecule has 1 aromatic carbocycles. The maximum Gasteiger partial charge on any atom is 0.118 e. The average Bonchev–Trinajstić information content (AvgIpc) is 3.26. The van der Waals surface area contributed by atoms with Gasteiger partial charge >= 0.3 is 0 Å². The van der Waals surface area contributed by atoms with Gasteiger partial charge in [0.05, 0.1) is 31.7 Å². The summed E-state index contributed by atoms with van der Waals surface area (Å²) in [5.74, 6) is 0.913. The summed E-state index contributed by atoms with van der Waals surface area (Å²) in [7, 11) is 1.71. The van der Waals surface area contributed by atoms with Crippen LogP contribution in [0.5, 0.6) is 5.75 Å². The first-order valence-electron chi connectivity index (χ1n) is 8.73. The fourth-order valence-electron chi connectivity index (χ4n) is 4.10. The Bertz CT molecular complexity index is 656. The van der Waals surface area contributed by atoms with Crippen LogP contribution in [0, 0.1) is 0 Å². The highest BCUT2D eigenvalue weighted by molar-refractivity contribution is 5.27. The van der Waals surface area contributed by atoms with Crippen LogP contribution < -0.4 is 4.74 Å². The maximum absolute atomic E-state index is 6.31. The molecule has 2 aromatic rings. The lowest BCUT2D eigenvalue weighted by Gasteiger charge is -2.39. The van der Waals surface area contributed by atoms with E-state index in [9.17, 15) is 0 Å². The van der Waals surface area contributed by atoms with Crippen molar-refractivity contribution in [3.63, 3.8) is 0 Å². The van der Waals surface area contributed by atoms with Gasteiger partial charge in [0.2, 0.25) is 0 Å². The number of imidazole rings is 1. The highest BCUT2D eigenvalue weighted by Crippen LogP contribution is 2.39. The van der Waals surface area contributed by atoms with Gasteiger partial charge < -0.3 is 14.0 Å². The van der Waals surface area contributed by atoms with E-state index in [-0.39, 0.29) is 5.60 Å². The summed E-state index contributed by atoms with van der Waals surface area (Å²) >= 11 is 0. The van der Waals surface area contributed by atoms with Crippen LogP contribution in [0.1, 0.15) is 30.9 Å². The molecule has 0 saturated carbocycles. The van der Waals surface area contributed by atoms with Gasteiger partial charge in [0.1, 0.15) is 5.75 Å². The number of piperidine rings is 1. The first-order valence-corrected chi connectivity index (χ1v) is 8.73. The van der Waals surface area contributed by atoms with Crippen molar-refractivity contribution in [1.29, 1.82) is 0 Å². The number of hydrogen-bond acceptors (Lipinski definition) is 4. The molecular weight excluding hydrogens is 302 g/mol. The molecule has 0 aliphatic carbocycles. The van der Waals surface area contributed by atoms with E-state index in [2.05, 4.69) is 26.6 Å². The Morgan fingerprint density at radius 3 is 2.96 bits per heavy atom. The van der Waals surface area contributed by atoms with E-state index in [1.54, 1.807) is 7.11 Å². The molecule has 0 N–H and O–H groups in total. The number of benzene rings is 1. The minimum absolute atomic E-state index is 0.0135. The maximum atomic E-state index is 6.31. The van der Waals surface area contributed by atoms with Crippen molar-refractivity contribution >= 4 is 0 Å². The number of nitrogens with zero attached hydrogens (tertiary/aromatic N) is 3. The monoisotopic (exact) mass is 327 g/mol. The third-order valence-corrected chi connectivity index (χ3v) is 5.32. The Hall–Kier alpha value is -1.85. The topological polar surface area (TPSA) is 39.5 Å². The first kappa shape index (κ1) is 15.7. The molecule has 0 amide bonds. The molecule has 0 radical (unpaired) electrons. The zero-order chi connectivity index (χ0) is 16.4. The van der Waals surface area contributed by atoms with Crippen LogP contribution in [0.2, 0.25) is 0 Å². The molecule has 2 aliphatic heterocycles. The third kappa shape index (κ3) is 3.19. The molecule has 2 saturated heterocycles. The molecule has 5 nitrogen and oxygen atoms in total. The minimum Gasteiger partial charge on any atom is -0.497 e. The quantitative estimate of drug-likeness (QED) is 0.866. The molecule has 1 aromatic heterocycles. The van der Waals surface area contributed by atoms with Gasteiger partial charge in [-0.1, -0.05) is 12.1 Å². The summed E-state index contributed by atoms with van der Waals surface area (Å²) < 4.78 is 13.7. The van der Waals surface area contributed by atoms with E-state index in [0.29, 0.717) is 6.04 Å². The second-order valence-electron chi connectivity index (χ2n) is 7.02. The molecule has 128 valence electrons. The van der Waals surface area contributed by atoms with Gasteiger partial charge in [-0.15, -0.1) is 0 Å². The average molecular weight is 327 g/mol. The van der Waals surface area contributed by atoms with E-state index in [1.807, 2.05) is 30.9 Å². The second-order valence-corrected chi connectivity index (χ2v) is 7.02. The summed E-state index contributed by atoms with van der Waals surface area (Å²) in [5.41, 5.74) is 1.34. The lowest BCUT2D eigenvalue weighted by Crippen LogP contribution is -2.47. The summed E-state index contributed by atoms with van der Waals surface area (Å²) in [6.07, 6.45) is 9.25. The predicted octanol–water partition coefficient (Wildman–Crippen LogP) is 2.89.